The van der Waals surface area contributed by atoms with Crippen LogP contribution in [-0.4, -0.2) is 29.0 Å². The zero-order valence-electron chi connectivity index (χ0n) is 12.3. The molecule has 0 bridgehead atoms. The summed E-state index contributed by atoms with van der Waals surface area (Å²) in [7, 11) is 0. The Balaban J connectivity index is 1.67. The Morgan fingerprint density at radius 3 is 2.64 bits per heavy atom. The molecule has 114 valence electrons. The summed E-state index contributed by atoms with van der Waals surface area (Å²) in [6, 6.07) is 9.72. The van der Waals surface area contributed by atoms with Crippen molar-refractivity contribution in [1.29, 1.82) is 0 Å². The van der Waals surface area contributed by atoms with Gasteiger partial charge in [-0.25, -0.2) is 4.98 Å². The molecular formula is C16H19N5O. The van der Waals surface area contributed by atoms with Crippen molar-refractivity contribution in [1.82, 2.24) is 15.3 Å². The van der Waals surface area contributed by atoms with Crippen molar-refractivity contribution in [3.63, 3.8) is 0 Å². The summed E-state index contributed by atoms with van der Waals surface area (Å²) < 4.78 is 0. The van der Waals surface area contributed by atoms with E-state index in [9.17, 15) is 4.79 Å². The number of aromatic nitrogens is 2. The molecule has 2 aromatic rings. The molecule has 0 aliphatic carbocycles. The van der Waals surface area contributed by atoms with Crippen molar-refractivity contribution in [3.05, 3.63) is 47.7 Å². The molecule has 0 spiro atoms. The SMILES string of the molecule is Nc1nc(N2CCCC2)ncc1C(=O)NCc1ccccc1. The fraction of sp³-hybridized carbons (Fsp3) is 0.312. The highest BCUT2D eigenvalue weighted by Crippen LogP contribution is 2.18. The van der Waals surface area contributed by atoms with E-state index >= 15 is 0 Å². The molecule has 3 rings (SSSR count). The summed E-state index contributed by atoms with van der Waals surface area (Å²) in [6.45, 7) is 2.34. The maximum atomic E-state index is 12.2. The second kappa shape index (κ2) is 6.43. The van der Waals surface area contributed by atoms with Crippen molar-refractivity contribution in [2.75, 3.05) is 23.7 Å². The minimum absolute atomic E-state index is 0.225. The highest BCUT2D eigenvalue weighted by Gasteiger charge is 2.18. The highest BCUT2D eigenvalue weighted by atomic mass is 16.1. The van der Waals surface area contributed by atoms with Gasteiger partial charge in [-0.1, -0.05) is 30.3 Å². The van der Waals surface area contributed by atoms with Crippen LogP contribution < -0.4 is 16.0 Å². The van der Waals surface area contributed by atoms with Crippen molar-refractivity contribution in [2.24, 2.45) is 0 Å². The van der Waals surface area contributed by atoms with Gasteiger partial charge in [0, 0.05) is 25.8 Å². The molecule has 2 heterocycles. The van der Waals surface area contributed by atoms with Gasteiger partial charge >= 0.3 is 0 Å². The number of nitrogens with one attached hydrogen (secondary N) is 1. The molecular weight excluding hydrogens is 278 g/mol. The summed E-state index contributed by atoms with van der Waals surface area (Å²) in [5.74, 6) is 0.575. The highest BCUT2D eigenvalue weighted by molar-refractivity contribution is 5.98. The Morgan fingerprint density at radius 2 is 1.95 bits per heavy atom. The van der Waals surface area contributed by atoms with E-state index in [1.54, 1.807) is 0 Å². The number of carbonyl (C=O) groups is 1. The van der Waals surface area contributed by atoms with E-state index in [1.165, 1.54) is 6.20 Å². The lowest BCUT2D eigenvalue weighted by atomic mass is 10.2. The van der Waals surface area contributed by atoms with E-state index in [0.29, 0.717) is 18.1 Å². The molecule has 1 aliphatic heterocycles. The largest absolute Gasteiger partial charge is 0.383 e. The number of anilines is 2. The molecule has 0 saturated carbocycles. The number of amides is 1. The number of nitrogens with zero attached hydrogens (tertiary/aromatic N) is 3. The predicted molar refractivity (Wildman–Crippen MR) is 85.5 cm³/mol. The molecule has 3 N–H and O–H groups in total. The molecule has 0 atom stereocenters. The lowest BCUT2D eigenvalue weighted by Gasteiger charge is -2.16. The Kier molecular flexibility index (Phi) is 4.18. The Hall–Kier alpha value is -2.63. The molecule has 1 aromatic heterocycles. The van der Waals surface area contributed by atoms with Crippen molar-refractivity contribution in [3.8, 4) is 0 Å². The van der Waals surface area contributed by atoms with Gasteiger partial charge in [0.15, 0.2) is 0 Å². The van der Waals surface area contributed by atoms with Crippen LogP contribution in [0.1, 0.15) is 28.8 Å². The van der Waals surface area contributed by atoms with Crippen LogP contribution in [0.3, 0.4) is 0 Å². The average molecular weight is 297 g/mol. The minimum atomic E-state index is -0.255. The normalized spacial score (nSPS) is 14.1. The van der Waals surface area contributed by atoms with Gasteiger partial charge in [0.05, 0.1) is 5.56 Å². The lowest BCUT2D eigenvalue weighted by Crippen LogP contribution is -2.26. The second-order valence-electron chi connectivity index (χ2n) is 5.33. The first-order valence-corrected chi connectivity index (χ1v) is 7.43. The fourth-order valence-electron chi connectivity index (χ4n) is 2.50. The standard InChI is InChI=1S/C16H19N5O/c17-14-13(11-19-16(20-14)21-8-4-5-9-21)15(22)18-10-12-6-2-1-3-7-12/h1-3,6-7,11H,4-5,8-10H2,(H,18,22)(H2,17,19,20). The molecule has 0 unspecified atom stereocenters. The van der Waals surface area contributed by atoms with Crippen LogP contribution in [0, 0.1) is 0 Å². The zero-order valence-corrected chi connectivity index (χ0v) is 12.3. The molecule has 0 radical (unpaired) electrons. The quantitative estimate of drug-likeness (QED) is 0.895. The smallest absolute Gasteiger partial charge is 0.256 e. The van der Waals surface area contributed by atoms with Gasteiger partial charge in [-0.2, -0.15) is 4.98 Å². The van der Waals surface area contributed by atoms with E-state index in [-0.39, 0.29) is 11.7 Å². The zero-order chi connectivity index (χ0) is 15.4. The van der Waals surface area contributed by atoms with E-state index in [4.69, 9.17) is 5.73 Å². The molecule has 1 aromatic carbocycles. The summed E-state index contributed by atoms with van der Waals surface area (Å²) in [4.78, 5) is 22.8. The molecule has 1 saturated heterocycles. The molecule has 1 amide bonds. The summed E-state index contributed by atoms with van der Waals surface area (Å²) in [6.07, 6.45) is 3.79. The molecule has 22 heavy (non-hydrogen) atoms. The van der Waals surface area contributed by atoms with Gasteiger partial charge in [-0.15, -0.1) is 0 Å². The average Bonchev–Trinajstić information content (AvgIpc) is 3.08. The fourth-order valence-corrected chi connectivity index (χ4v) is 2.50. The van der Waals surface area contributed by atoms with Crippen molar-refractivity contribution in [2.45, 2.75) is 19.4 Å². The van der Waals surface area contributed by atoms with Gasteiger partial charge in [-0.05, 0) is 18.4 Å². The molecule has 1 fully saturated rings. The van der Waals surface area contributed by atoms with Crippen LogP contribution in [0.4, 0.5) is 11.8 Å². The van der Waals surface area contributed by atoms with Crippen LogP contribution in [0.5, 0.6) is 0 Å². The summed E-state index contributed by atoms with van der Waals surface area (Å²) in [5, 5.41) is 2.83. The van der Waals surface area contributed by atoms with Crippen LogP contribution in [-0.2, 0) is 6.54 Å². The van der Waals surface area contributed by atoms with Gasteiger partial charge < -0.3 is 16.0 Å². The van der Waals surface area contributed by atoms with Gasteiger partial charge in [0.2, 0.25) is 5.95 Å². The van der Waals surface area contributed by atoms with E-state index in [1.807, 2.05) is 30.3 Å². The first-order chi connectivity index (χ1) is 10.7. The minimum Gasteiger partial charge on any atom is -0.383 e. The second-order valence-corrected chi connectivity index (χ2v) is 5.33. The number of benzene rings is 1. The number of rotatable bonds is 4. The van der Waals surface area contributed by atoms with Crippen LogP contribution >= 0.6 is 0 Å². The van der Waals surface area contributed by atoms with Crippen LogP contribution in [0.15, 0.2) is 36.5 Å². The van der Waals surface area contributed by atoms with Crippen molar-refractivity contribution >= 4 is 17.7 Å². The number of nitrogens with two attached hydrogens (primary N) is 1. The van der Waals surface area contributed by atoms with E-state index in [0.717, 1.165) is 31.5 Å². The third kappa shape index (κ3) is 3.16. The predicted octanol–water partition coefficient (Wildman–Crippen LogP) is 1.59. The van der Waals surface area contributed by atoms with Gasteiger partial charge in [0.1, 0.15) is 5.82 Å². The number of hydrogen-bond acceptors (Lipinski definition) is 5. The number of hydrogen-bond donors (Lipinski definition) is 2. The first kappa shape index (κ1) is 14.3. The van der Waals surface area contributed by atoms with Crippen LogP contribution in [0.25, 0.3) is 0 Å². The summed E-state index contributed by atoms with van der Waals surface area (Å²) >= 11 is 0. The third-order valence-electron chi connectivity index (χ3n) is 3.73. The van der Waals surface area contributed by atoms with E-state index in [2.05, 4.69) is 20.2 Å². The van der Waals surface area contributed by atoms with Crippen molar-refractivity contribution < 1.29 is 4.79 Å². The number of carbonyl (C=O) groups excluding carboxylic acids is 1. The van der Waals surface area contributed by atoms with E-state index < -0.39 is 0 Å². The lowest BCUT2D eigenvalue weighted by molar-refractivity contribution is 0.0951. The maximum absolute atomic E-state index is 12.2. The molecule has 6 nitrogen and oxygen atoms in total. The Bertz CT molecular complexity index is 653. The van der Waals surface area contributed by atoms with Gasteiger partial charge in [-0.3, -0.25) is 4.79 Å². The topological polar surface area (TPSA) is 84.1 Å². The number of nitrogen functional groups attached to an aromatic ring is 1. The Labute approximate surface area is 129 Å². The molecule has 1 aliphatic rings. The third-order valence-corrected chi connectivity index (χ3v) is 3.73. The van der Waals surface area contributed by atoms with Crippen LogP contribution in [0.2, 0.25) is 0 Å². The Morgan fingerprint density at radius 1 is 1.23 bits per heavy atom. The van der Waals surface area contributed by atoms with Gasteiger partial charge in [0.25, 0.3) is 5.91 Å². The monoisotopic (exact) mass is 297 g/mol. The maximum Gasteiger partial charge on any atom is 0.256 e. The first-order valence-electron chi connectivity index (χ1n) is 7.43. The molecule has 6 heteroatoms. The summed E-state index contributed by atoms with van der Waals surface area (Å²) in [5.41, 5.74) is 7.27.